The molecule has 3 aromatic heterocycles. The van der Waals surface area contributed by atoms with Gasteiger partial charge in [-0.2, -0.15) is 0 Å². The number of thioether (sulfide) groups is 1. The van der Waals surface area contributed by atoms with Gasteiger partial charge in [0, 0.05) is 16.7 Å². The van der Waals surface area contributed by atoms with Crippen LogP contribution < -0.4 is 9.47 Å². The quantitative estimate of drug-likeness (QED) is 0.356. The molecule has 28 heavy (non-hydrogen) atoms. The smallest absolute Gasteiger partial charge is 0.277 e. The highest BCUT2D eigenvalue weighted by molar-refractivity contribution is 7.98. The van der Waals surface area contributed by atoms with Crippen LogP contribution in [0.5, 0.6) is 11.5 Å². The van der Waals surface area contributed by atoms with Crippen LogP contribution in [0.4, 0.5) is 0 Å². The van der Waals surface area contributed by atoms with E-state index < -0.39 is 0 Å². The van der Waals surface area contributed by atoms with E-state index in [1.807, 2.05) is 41.9 Å². The van der Waals surface area contributed by atoms with Gasteiger partial charge >= 0.3 is 0 Å². The monoisotopic (exact) mass is 431 g/mol. The van der Waals surface area contributed by atoms with E-state index in [9.17, 15) is 0 Å². The van der Waals surface area contributed by atoms with Crippen LogP contribution >= 0.6 is 34.4 Å². The van der Waals surface area contributed by atoms with E-state index in [0.717, 1.165) is 26.7 Å². The lowest BCUT2D eigenvalue weighted by Crippen LogP contribution is -1.90. The van der Waals surface area contributed by atoms with Crippen LogP contribution in [-0.2, 0) is 5.75 Å². The van der Waals surface area contributed by atoms with Crippen molar-refractivity contribution >= 4 is 34.4 Å². The van der Waals surface area contributed by atoms with Gasteiger partial charge in [-0.3, -0.25) is 0 Å². The van der Waals surface area contributed by atoms with Crippen molar-refractivity contribution in [3.8, 4) is 32.8 Å². The fourth-order valence-electron chi connectivity index (χ4n) is 2.56. The predicted molar refractivity (Wildman–Crippen MR) is 113 cm³/mol. The molecule has 0 aliphatic heterocycles. The van der Waals surface area contributed by atoms with Gasteiger partial charge in [0.05, 0.1) is 24.8 Å². The van der Waals surface area contributed by atoms with Crippen LogP contribution in [0.2, 0.25) is 0 Å². The SMILES string of the molecule is COc1ccc(-c2nc(CSc3nnc(-c4sccc4C)o3)cs2)cc1OC. The Hall–Kier alpha value is -2.36. The van der Waals surface area contributed by atoms with Gasteiger partial charge in [-0.25, -0.2) is 4.98 Å². The van der Waals surface area contributed by atoms with Crippen LogP contribution in [0.3, 0.4) is 0 Å². The van der Waals surface area contributed by atoms with Crippen molar-refractivity contribution < 1.29 is 13.9 Å². The molecule has 0 unspecified atom stereocenters. The Bertz CT molecular complexity index is 1090. The number of ether oxygens (including phenoxy) is 2. The summed E-state index contributed by atoms with van der Waals surface area (Å²) in [6.07, 6.45) is 0. The fraction of sp³-hybridized carbons (Fsp3) is 0.211. The molecule has 144 valence electrons. The van der Waals surface area contributed by atoms with Gasteiger partial charge in [0.2, 0.25) is 0 Å². The number of aryl methyl sites for hydroxylation is 1. The molecule has 0 N–H and O–H groups in total. The van der Waals surface area contributed by atoms with Crippen molar-refractivity contribution in [3.63, 3.8) is 0 Å². The number of benzene rings is 1. The van der Waals surface area contributed by atoms with Gasteiger partial charge in [-0.1, -0.05) is 11.8 Å². The maximum absolute atomic E-state index is 5.77. The highest BCUT2D eigenvalue weighted by atomic mass is 32.2. The van der Waals surface area contributed by atoms with E-state index in [-0.39, 0.29) is 0 Å². The van der Waals surface area contributed by atoms with Gasteiger partial charge < -0.3 is 13.9 Å². The van der Waals surface area contributed by atoms with Crippen LogP contribution in [0.25, 0.3) is 21.3 Å². The number of hydrogen-bond acceptors (Lipinski definition) is 9. The first-order chi connectivity index (χ1) is 13.7. The van der Waals surface area contributed by atoms with Crippen molar-refractivity contribution in [2.24, 2.45) is 0 Å². The summed E-state index contributed by atoms with van der Waals surface area (Å²) in [5.74, 6) is 2.62. The van der Waals surface area contributed by atoms with E-state index in [4.69, 9.17) is 18.9 Å². The van der Waals surface area contributed by atoms with Gasteiger partial charge in [-0.05, 0) is 42.1 Å². The Labute approximate surface area is 174 Å². The third kappa shape index (κ3) is 3.91. The molecule has 4 rings (SSSR count). The Morgan fingerprint density at radius 3 is 2.68 bits per heavy atom. The third-order valence-electron chi connectivity index (χ3n) is 3.99. The minimum atomic E-state index is 0.545. The molecule has 0 saturated heterocycles. The molecule has 0 aliphatic rings. The summed E-state index contributed by atoms with van der Waals surface area (Å²) in [6, 6.07) is 7.84. The molecule has 0 aliphatic carbocycles. The molecule has 0 radical (unpaired) electrons. The van der Waals surface area contributed by atoms with Gasteiger partial charge in [0.1, 0.15) is 5.01 Å². The molecule has 6 nitrogen and oxygen atoms in total. The topological polar surface area (TPSA) is 70.3 Å². The fourth-order valence-corrected chi connectivity index (χ4v) is 4.99. The minimum absolute atomic E-state index is 0.545. The first kappa shape index (κ1) is 19.0. The van der Waals surface area contributed by atoms with E-state index in [0.29, 0.717) is 28.4 Å². The molecular weight excluding hydrogens is 414 g/mol. The summed E-state index contributed by atoms with van der Waals surface area (Å²) >= 11 is 4.67. The molecule has 0 bridgehead atoms. The molecule has 1 aromatic carbocycles. The number of hydrogen-bond donors (Lipinski definition) is 0. The van der Waals surface area contributed by atoms with E-state index in [2.05, 4.69) is 10.2 Å². The van der Waals surface area contributed by atoms with Crippen LogP contribution in [0.15, 0.2) is 44.7 Å². The number of aromatic nitrogens is 3. The Morgan fingerprint density at radius 1 is 1.07 bits per heavy atom. The number of methoxy groups -OCH3 is 2. The zero-order chi connectivity index (χ0) is 19.5. The molecule has 0 atom stereocenters. The maximum Gasteiger partial charge on any atom is 0.277 e. The summed E-state index contributed by atoms with van der Waals surface area (Å²) in [7, 11) is 3.25. The second-order valence-electron chi connectivity index (χ2n) is 5.81. The lowest BCUT2D eigenvalue weighted by atomic mass is 10.2. The molecule has 0 saturated carbocycles. The highest BCUT2D eigenvalue weighted by Crippen LogP contribution is 2.35. The molecule has 3 heterocycles. The molecular formula is C19H17N3O3S3. The first-order valence-corrected chi connectivity index (χ1v) is 11.1. The Balaban J connectivity index is 1.44. The largest absolute Gasteiger partial charge is 0.493 e. The van der Waals surface area contributed by atoms with E-state index in [1.165, 1.54) is 11.8 Å². The summed E-state index contributed by atoms with van der Waals surface area (Å²) in [6.45, 7) is 2.04. The number of thiazole rings is 1. The molecule has 4 aromatic rings. The Kier molecular flexibility index (Phi) is 5.65. The molecule has 0 amide bonds. The van der Waals surface area contributed by atoms with Crippen molar-refractivity contribution in [2.45, 2.75) is 17.9 Å². The number of rotatable bonds is 7. The van der Waals surface area contributed by atoms with E-state index in [1.54, 1.807) is 36.9 Å². The molecule has 0 fully saturated rings. The summed E-state index contributed by atoms with van der Waals surface area (Å²) in [5, 5.41) is 13.8. The van der Waals surface area contributed by atoms with Crippen molar-refractivity contribution in [2.75, 3.05) is 14.2 Å². The van der Waals surface area contributed by atoms with Gasteiger partial charge in [0.15, 0.2) is 11.5 Å². The van der Waals surface area contributed by atoms with Gasteiger partial charge in [0.25, 0.3) is 11.1 Å². The van der Waals surface area contributed by atoms with E-state index >= 15 is 0 Å². The number of thiophene rings is 1. The van der Waals surface area contributed by atoms with Crippen molar-refractivity contribution in [1.82, 2.24) is 15.2 Å². The summed E-state index contributed by atoms with van der Waals surface area (Å²) in [4.78, 5) is 5.73. The summed E-state index contributed by atoms with van der Waals surface area (Å²) in [5.41, 5.74) is 3.10. The number of nitrogens with zero attached hydrogens (tertiary/aromatic N) is 3. The van der Waals surface area contributed by atoms with Crippen molar-refractivity contribution in [3.05, 3.63) is 46.3 Å². The average molecular weight is 432 g/mol. The standard InChI is InChI=1S/C19H17N3O3S3/c1-11-6-7-26-16(11)17-21-22-19(25-17)28-10-13-9-27-18(20-13)12-4-5-14(23-2)15(8-12)24-3/h4-9H,10H2,1-3H3. The third-order valence-corrected chi connectivity index (χ3v) is 6.79. The Morgan fingerprint density at radius 2 is 1.93 bits per heavy atom. The highest BCUT2D eigenvalue weighted by Gasteiger charge is 2.14. The van der Waals surface area contributed by atoms with Gasteiger partial charge in [-0.15, -0.1) is 32.9 Å². The maximum atomic E-state index is 5.77. The normalized spacial score (nSPS) is 11.0. The first-order valence-electron chi connectivity index (χ1n) is 8.35. The predicted octanol–water partition coefficient (Wildman–Crippen LogP) is 5.54. The minimum Gasteiger partial charge on any atom is -0.493 e. The molecule has 0 spiro atoms. The zero-order valence-corrected chi connectivity index (χ0v) is 17.9. The van der Waals surface area contributed by atoms with Crippen LogP contribution in [0.1, 0.15) is 11.3 Å². The van der Waals surface area contributed by atoms with Crippen molar-refractivity contribution in [1.29, 1.82) is 0 Å². The van der Waals surface area contributed by atoms with Crippen LogP contribution in [-0.4, -0.2) is 29.4 Å². The lowest BCUT2D eigenvalue weighted by molar-refractivity contribution is 0.355. The molecule has 9 heteroatoms. The zero-order valence-electron chi connectivity index (χ0n) is 15.5. The summed E-state index contributed by atoms with van der Waals surface area (Å²) < 4.78 is 16.4. The average Bonchev–Trinajstić information content (AvgIpc) is 3.46. The second-order valence-corrected chi connectivity index (χ2v) is 8.51. The van der Waals surface area contributed by atoms with Crippen LogP contribution in [0, 0.1) is 6.92 Å². The second kappa shape index (κ2) is 8.34. The lowest BCUT2D eigenvalue weighted by Gasteiger charge is -2.08.